The van der Waals surface area contributed by atoms with E-state index in [1.54, 1.807) is 0 Å². The number of nitrogens with zero attached hydrogens (tertiary/aromatic N) is 3. The molecule has 4 rings (SSSR count). The lowest BCUT2D eigenvalue weighted by molar-refractivity contribution is -0.135. The number of fused-ring (bicyclic) bond motifs is 1. The number of rotatable bonds is 7. The third kappa shape index (κ3) is 5.11. The van der Waals surface area contributed by atoms with Gasteiger partial charge < -0.3 is 15.1 Å². The fraction of sp³-hybridized carbons (Fsp3) is 0.577. The molecular weight excluding hydrogens is 384 g/mol. The van der Waals surface area contributed by atoms with E-state index >= 15 is 0 Å². The molecule has 0 spiro atoms. The van der Waals surface area contributed by atoms with Crippen molar-refractivity contribution < 1.29 is 4.79 Å². The Morgan fingerprint density at radius 1 is 1.03 bits per heavy atom. The monoisotopic (exact) mass is 422 g/mol. The first-order chi connectivity index (χ1) is 15.1. The van der Waals surface area contributed by atoms with Crippen molar-refractivity contribution in [3.63, 3.8) is 0 Å². The van der Waals surface area contributed by atoms with Gasteiger partial charge >= 0.3 is 0 Å². The predicted molar refractivity (Wildman–Crippen MR) is 128 cm³/mol. The minimum Gasteiger partial charge on any atom is -0.342 e. The van der Waals surface area contributed by atoms with Crippen LogP contribution < -0.4 is 5.32 Å². The number of hydrogen-bond acceptors (Lipinski definition) is 4. The second kappa shape index (κ2) is 10.1. The van der Waals surface area contributed by atoms with Crippen molar-refractivity contribution >= 4 is 16.7 Å². The second-order valence-electron chi connectivity index (χ2n) is 9.27. The largest absolute Gasteiger partial charge is 0.342 e. The van der Waals surface area contributed by atoms with Crippen molar-refractivity contribution in [2.75, 3.05) is 39.8 Å². The molecule has 2 aromatic rings. The van der Waals surface area contributed by atoms with Gasteiger partial charge in [0.25, 0.3) is 0 Å². The van der Waals surface area contributed by atoms with Crippen LogP contribution in [0.2, 0.25) is 0 Å². The minimum absolute atomic E-state index is 0.0392. The minimum atomic E-state index is -0.0392. The Morgan fingerprint density at radius 2 is 1.74 bits per heavy atom. The number of amides is 1. The first kappa shape index (κ1) is 22.3. The van der Waals surface area contributed by atoms with Crippen molar-refractivity contribution in [1.29, 1.82) is 0 Å². The Kier molecular flexibility index (Phi) is 7.26. The highest BCUT2D eigenvalue weighted by molar-refractivity contribution is 5.86. The van der Waals surface area contributed by atoms with Gasteiger partial charge in [0.2, 0.25) is 5.91 Å². The molecule has 168 valence electrons. The van der Waals surface area contributed by atoms with Gasteiger partial charge in [-0.1, -0.05) is 42.5 Å². The van der Waals surface area contributed by atoms with Crippen molar-refractivity contribution in [3.05, 3.63) is 48.0 Å². The summed E-state index contributed by atoms with van der Waals surface area (Å²) >= 11 is 0. The van der Waals surface area contributed by atoms with Crippen LogP contribution in [0.3, 0.4) is 0 Å². The molecule has 0 bridgehead atoms. The van der Waals surface area contributed by atoms with Gasteiger partial charge in [0, 0.05) is 38.3 Å². The predicted octanol–water partition coefficient (Wildman–Crippen LogP) is 3.33. The van der Waals surface area contributed by atoms with E-state index in [-0.39, 0.29) is 11.9 Å². The molecule has 2 heterocycles. The maximum Gasteiger partial charge on any atom is 0.239 e. The van der Waals surface area contributed by atoms with Gasteiger partial charge in [-0.05, 0) is 69.6 Å². The van der Waals surface area contributed by atoms with E-state index in [0.29, 0.717) is 12.1 Å². The Morgan fingerprint density at radius 3 is 2.48 bits per heavy atom. The highest BCUT2D eigenvalue weighted by Gasteiger charge is 2.39. The van der Waals surface area contributed by atoms with Crippen LogP contribution in [0, 0.1) is 0 Å². The fourth-order valence-corrected chi connectivity index (χ4v) is 5.36. The standard InChI is InChI=1S/C26H38N4O/c1-4-29(5-2)26(31)25-17-23(27-22-13-15-28(3)16-14-22)19-30(25)18-21-11-8-10-20-9-6-7-12-24(20)21/h6-12,22-23,25,27H,4-5,13-19H2,1-3H3/t23-,25+/m1/s1. The molecule has 31 heavy (non-hydrogen) atoms. The fourth-order valence-electron chi connectivity index (χ4n) is 5.36. The van der Waals surface area contributed by atoms with Gasteiger partial charge in [0.05, 0.1) is 6.04 Å². The lowest BCUT2D eigenvalue weighted by atomic mass is 10.0. The lowest BCUT2D eigenvalue weighted by Crippen LogP contribution is -2.46. The maximum absolute atomic E-state index is 13.4. The Labute approximate surface area is 187 Å². The van der Waals surface area contributed by atoms with Gasteiger partial charge in [-0.3, -0.25) is 9.69 Å². The number of benzene rings is 2. The summed E-state index contributed by atoms with van der Waals surface area (Å²) in [6.45, 7) is 9.80. The number of likely N-dealkylation sites (tertiary alicyclic amines) is 2. The molecule has 1 N–H and O–H groups in total. The van der Waals surface area contributed by atoms with Gasteiger partial charge in [-0.25, -0.2) is 0 Å². The van der Waals surface area contributed by atoms with Crippen molar-refractivity contribution in [3.8, 4) is 0 Å². The third-order valence-electron chi connectivity index (χ3n) is 7.21. The van der Waals surface area contributed by atoms with E-state index in [9.17, 15) is 4.79 Å². The quantitative estimate of drug-likeness (QED) is 0.743. The van der Waals surface area contributed by atoms with Crippen LogP contribution in [-0.4, -0.2) is 78.5 Å². The molecule has 0 aliphatic carbocycles. The Balaban J connectivity index is 1.52. The van der Waals surface area contributed by atoms with Crippen LogP contribution in [0.15, 0.2) is 42.5 Å². The summed E-state index contributed by atoms with van der Waals surface area (Å²) < 4.78 is 0. The molecule has 0 saturated carbocycles. The number of likely N-dealkylation sites (N-methyl/N-ethyl adjacent to an activating group) is 1. The Hall–Kier alpha value is -1.95. The van der Waals surface area contributed by atoms with E-state index in [1.807, 2.05) is 4.90 Å². The average molecular weight is 423 g/mol. The number of carbonyl (C=O) groups excluding carboxylic acids is 1. The number of nitrogens with one attached hydrogen (secondary N) is 1. The SMILES string of the molecule is CCN(CC)C(=O)[C@@H]1C[C@@H](NC2CCN(C)CC2)CN1Cc1cccc2ccccc12. The van der Waals surface area contributed by atoms with Gasteiger partial charge in [0.1, 0.15) is 0 Å². The zero-order valence-corrected chi connectivity index (χ0v) is 19.4. The number of piperidine rings is 1. The van der Waals surface area contributed by atoms with Crippen LogP contribution >= 0.6 is 0 Å². The summed E-state index contributed by atoms with van der Waals surface area (Å²) in [6, 6.07) is 16.0. The number of hydrogen-bond donors (Lipinski definition) is 1. The highest BCUT2D eigenvalue weighted by atomic mass is 16.2. The van der Waals surface area contributed by atoms with E-state index in [1.165, 1.54) is 29.2 Å². The first-order valence-electron chi connectivity index (χ1n) is 12.0. The maximum atomic E-state index is 13.4. The van der Waals surface area contributed by atoms with E-state index in [4.69, 9.17) is 0 Å². The van der Waals surface area contributed by atoms with Crippen LogP contribution in [0.5, 0.6) is 0 Å². The van der Waals surface area contributed by atoms with Gasteiger partial charge in [-0.15, -0.1) is 0 Å². The van der Waals surface area contributed by atoms with E-state index in [2.05, 4.69) is 78.5 Å². The average Bonchev–Trinajstić information content (AvgIpc) is 3.18. The number of carbonyl (C=O) groups is 1. The molecule has 2 saturated heterocycles. The highest BCUT2D eigenvalue weighted by Crippen LogP contribution is 2.27. The zero-order chi connectivity index (χ0) is 21.8. The molecule has 0 aromatic heterocycles. The molecule has 5 nitrogen and oxygen atoms in total. The van der Waals surface area contributed by atoms with E-state index < -0.39 is 0 Å². The summed E-state index contributed by atoms with van der Waals surface area (Å²) in [6.07, 6.45) is 3.31. The molecule has 2 aliphatic heterocycles. The smallest absolute Gasteiger partial charge is 0.239 e. The molecule has 2 fully saturated rings. The van der Waals surface area contributed by atoms with Crippen LogP contribution in [0.25, 0.3) is 10.8 Å². The molecule has 5 heteroatoms. The summed E-state index contributed by atoms with van der Waals surface area (Å²) in [5, 5.41) is 6.48. The van der Waals surface area contributed by atoms with Crippen LogP contribution in [-0.2, 0) is 11.3 Å². The van der Waals surface area contributed by atoms with Crippen molar-refractivity contribution in [2.45, 2.75) is 57.8 Å². The zero-order valence-electron chi connectivity index (χ0n) is 19.4. The summed E-state index contributed by atoms with van der Waals surface area (Å²) in [7, 11) is 2.20. The lowest BCUT2D eigenvalue weighted by Gasteiger charge is -2.31. The van der Waals surface area contributed by atoms with E-state index in [0.717, 1.165) is 45.7 Å². The van der Waals surface area contributed by atoms with Gasteiger partial charge in [0.15, 0.2) is 0 Å². The molecule has 2 atom stereocenters. The molecule has 1 amide bonds. The first-order valence-corrected chi connectivity index (χ1v) is 12.0. The topological polar surface area (TPSA) is 38.8 Å². The van der Waals surface area contributed by atoms with Crippen LogP contribution in [0.1, 0.15) is 38.7 Å². The molecule has 0 unspecified atom stereocenters. The third-order valence-corrected chi connectivity index (χ3v) is 7.21. The Bertz CT molecular complexity index is 867. The van der Waals surface area contributed by atoms with Crippen LogP contribution in [0.4, 0.5) is 0 Å². The molecule has 2 aromatic carbocycles. The molecule has 0 radical (unpaired) electrons. The summed E-state index contributed by atoms with van der Waals surface area (Å²) in [5.74, 6) is 0.290. The normalized spacial score (nSPS) is 23.5. The van der Waals surface area contributed by atoms with Crippen molar-refractivity contribution in [1.82, 2.24) is 20.0 Å². The molecule has 2 aliphatic rings. The second-order valence-corrected chi connectivity index (χ2v) is 9.27. The van der Waals surface area contributed by atoms with Gasteiger partial charge in [-0.2, -0.15) is 0 Å². The van der Waals surface area contributed by atoms with Crippen molar-refractivity contribution in [2.24, 2.45) is 0 Å². The summed E-state index contributed by atoms with van der Waals surface area (Å²) in [5.41, 5.74) is 1.32. The summed E-state index contributed by atoms with van der Waals surface area (Å²) in [4.78, 5) is 20.2. The molecular formula is C26H38N4O.